The minimum Gasteiger partial charge on any atom is -0.320 e. The summed E-state index contributed by atoms with van der Waals surface area (Å²) in [5.74, 6) is 0. The maximum absolute atomic E-state index is 6.58. The third kappa shape index (κ3) is 2.02. The molecule has 3 aromatic rings. The molecule has 21 heavy (non-hydrogen) atoms. The zero-order valence-electron chi connectivity index (χ0n) is 12.2. The first-order valence-electron chi connectivity index (χ1n) is 7.65. The Bertz CT molecular complexity index is 805. The second kappa shape index (κ2) is 4.97. The van der Waals surface area contributed by atoms with E-state index in [0.717, 1.165) is 6.42 Å². The van der Waals surface area contributed by atoms with Crippen LogP contribution in [-0.4, -0.2) is 0 Å². The van der Waals surface area contributed by atoms with Crippen molar-refractivity contribution in [2.24, 2.45) is 5.73 Å². The molecule has 1 aliphatic carbocycles. The molecule has 0 radical (unpaired) electrons. The summed E-state index contributed by atoms with van der Waals surface area (Å²) in [6, 6.07) is 15.6. The van der Waals surface area contributed by atoms with Gasteiger partial charge in [0.2, 0.25) is 0 Å². The fourth-order valence-electron chi connectivity index (χ4n) is 3.45. The molecule has 106 valence electrons. The van der Waals surface area contributed by atoms with Crippen molar-refractivity contribution in [1.29, 1.82) is 0 Å². The van der Waals surface area contributed by atoms with Crippen molar-refractivity contribution in [2.75, 3.05) is 0 Å². The lowest BCUT2D eigenvalue weighted by Crippen LogP contribution is -2.10. The SMILES string of the molecule is CCc1ccc(C(N)c2ccc3c4c(cccc24)CC3)s1. The number of nitrogens with two attached hydrogens (primary N) is 1. The quantitative estimate of drug-likeness (QED) is 0.749. The normalized spacial score (nSPS) is 14.8. The van der Waals surface area contributed by atoms with Gasteiger partial charge in [0.05, 0.1) is 6.04 Å². The van der Waals surface area contributed by atoms with Gasteiger partial charge < -0.3 is 5.73 Å². The molecule has 1 aliphatic rings. The van der Waals surface area contributed by atoms with Crippen LogP contribution in [0.25, 0.3) is 10.8 Å². The molecular weight excluding hydrogens is 274 g/mol. The van der Waals surface area contributed by atoms with E-state index in [-0.39, 0.29) is 6.04 Å². The summed E-state index contributed by atoms with van der Waals surface area (Å²) >= 11 is 1.84. The van der Waals surface area contributed by atoms with Gasteiger partial charge >= 0.3 is 0 Å². The second-order valence-corrected chi connectivity index (χ2v) is 6.99. The van der Waals surface area contributed by atoms with Gasteiger partial charge in [-0.05, 0) is 58.9 Å². The Balaban J connectivity index is 1.87. The Morgan fingerprint density at radius 3 is 2.62 bits per heavy atom. The third-order valence-electron chi connectivity index (χ3n) is 4.58. The van der Waals surface area contributed by atoms with E-state index in [4.69, 9.17) is 5.73 Å². The molecule has 2 heteroatoms. The van der Waals surface area contributed by atoms with Crippen LogP contribution in [0.5, 0.6) is 0 Å². The monoisotopic (exact) mass is 293 g/mol. The van der Waals surface area contributed by atoms with Crippen molar-refractivity contribution in [3.05, 3.63) is 68.9 Å². The average molecular weight is 293 g/mol. The minimum atomic E-state index is -0.0137. The number of aryl methyl sites for hydroxylation is 3. The molecule has 2 N–H and O–H groups in total. The molecule has 0 saturated carbocycles. The van der Waals surface area contributed by atoms with Crippen LogP contribution in [0.3, 0.4) is 0 Å². The Morgan fingerprint density at radius 2 is 1.86 bits per heavy atom. The molecule has 1 heterocycles. The number of hydrogen-bond donors (Lipinski definition) is 1. The summed E-state index contributed by atoms with van der Waals surface area (Å²) in [6.07, 6.45) is 3.43. The van der Waals surface area contributed by atoms with E-state index in [1.165, 1.54) is 50.1 Å². The molecule has 0 saturated heterocycles. The zero-order valence-corrected chi connectivity index (χ0v) is 13.0. The van der Waals surface area contributed by atoms with Crippen LogP contribution in [-0.2, 0) is 19.3 Å². The molecule has 0 spiro atoms. The summed E-state index contributed by atoms with van der Waals surface area (Å²) in [5, 5.41) is 2.80. The van der Waals surface area contributed by atoms with Crippen molar-refractivity contribution in [3.63, 3.8) is 0 Å². The largest absolute Gasteiger partial charge is 0.320 e. The average Bonchev–Trinajstić information content (AvgIpc) is 3.15. The molecule has 1 nitrogen and oxygen atoms in total. The Hall–Kier alpha value is -1.64. The molecular formula is C19H19NS. The van der Waals surface area contributed by atoms with Gasteiger partial charge in [-0.15, -0.1) is 11.3 Å². The Morgan fingerprint density at radius 1 is 1.05 bits per heavy atom. The lowest BCUT2D eigenvalue weighted by atomic mass is 9.95. The van der Waals surface area contributed by atoms with E-state index in [1.807, 2.05) is 11.3 Å². The van der Waals surface area contributed by atoms with Gasteiger partial charge in [-0.25, -0.2) is 0 Å². The maximum atomic E-state index is 6.58. The predicted molar refractivity (Wildman–Crippen MR) is 91.1 cm³/mol. The van der Waals surface area contributed by atoms with Crippen molar-refractivity contribution < 1.29 is 0 Å². The molecule has 4 rings (SSSR count). The Labute approximate surface area is 129 Å². The number of thiophene rings is 1. The predicted octanol–water partition coefficient (Wildman–Crippen LogP) is 4.61. The fourth-order valence-corrected chi connectivity index (χ4v) is 4.42. The summed E-state index contributed by atoms with van der Waals surface area (Å²) in [6.45, 7) is 2.19. The highest BCUT2D eigenvalue weighted by atomic mass is 32.1. The molecule has 0 bridgehead atoms. The van der Waals surface area contributed by atoms with Gasteiger partial charge in [-0.3, -0.25) is 0 Å². The van der Waals surface area contributed by atoms with E-state index < -0.39 is 0 Å². The highest BCUT2D eigenvalue weighted by Gasteiger charge is 2.19. The van der Waals surface area contributed by atoms with Gasteiger partial charge in [-0.2, -0.15) is 0 Å². The molecule has 1 atom stereocenters. The van der Waals surface area contributed by atoms with Gasteiger partial charge in [0, 0.05) is 9.75 Å². The zero-order chi connectivity index (χ0) is 14.4. The lowest BCUT2D eigenvalue weighted by Gasteiger charge is -2.14. The van der Waals surface area contributed by atoms with Crippen LogP contribution in [0.2, 0.25) is 0 Å². The van der Waals surface area contributed by atoms with E-state index in [0.29, 0.717) is 0 Å². The first-order valence-corrected chi connectivity index (χ1v) is 8.47. The van der Waals surface area contributed by atoms with Crippen LogP contribution in [0.15, 0.2) is 42.5 Å². The summed E-state index contributed by atoms with van der Waals surface area (Å²) in [7, 11) is 0. The van der Waals surface area contributed by atoms with E-state index in [9.17, 15) is 0 Å². The molecule has 0 amide bonds. The highest BCUT2D eigenvalue weighted by Crippen LogP contribution is 2.37. The second-order valence-electron chi connectivity index (χ2n) is 5.79. The molecule has 2 aromatic carbocycles. The van der Waals surface area contributed by atoms with Crippen LogP contribution >= 0.6 is 11.3 Å². The van der Waals surface area contributed by atoms with Crippen LogP contribution in [0.1, 0.15) is 39.4 Å². The molecule has 1 unspecified atom stereocenters. The van der Waals surface area contributed by atoms with Crippen LogP contribution in [0.4, 0.5) is 0 Å². The lowest BCUT2D eigenvalue weighted by molar-refractivity contribution is 0.903. The van der Waals surface area contributed by atoms with E-state index in [2.05, 4.69) is 49.4 Å². The van der Waals surface area contributed by atoms with Crippen LogP contribution in [0, 0.1) is 0 Å². The van der Waals surface area contributed by atoms with E-state index >= 15 is 0 Å². The molecule has 0 fully saturated rings. The van der Waals surface area contributed by atoms with Gasteiger partial charge in [0.15, 0.2) is 0 Å². The maximum Gasteiger partial charge on any atom is 0.0652 e. The number of hydrogen-bond acceptors (Lipinski definition) is 2. The van der Waals surface area contributed by atoms with Crippen molar-refractivity contribution in [2.45, 2.75) is 32.2 Å². The topological polar surface area (TPSA) is 26.0 Å². The standard InChI is InChI=1S/C19H19NS/c1-2-14-9-11-17(21-14)19(20)16-10-8-13-7-6-12-4-3-5-15(16)18(12)13/h3-5,8-11,19H,2,6-7,20H2,1H3. The van der Waals surface area contributed by atoms with Gasteiger partial charge in [0.25, 0.3) is 0 Å². The summed E-state index contributed by atoms with van der Waals surface area (Å²) in [4.78, 5) is 2.68. The van der Waals surface area contributed by atoms with Crippen molar-refractivity contribution in [3.8, 4) is 0 Å². The van der Waals surface area contributed by atoms with Crippen molar-refractivity contribution in [1.82, 2.24) is 0 Å². The van der Waals surface area contributed by atoms with Crippen molar-refractivity contribution >= 4 is 22.1 Å². The third-order valence-corrected chi connectivity index (χ3v) is 5.90. The fraction of sp³-hybridized carbons (Fsp3) is 0.263. The number of benzene rings is 2. The summed E-state index contributed by atoms with van der Waals surface area (Å²) < 4.78 is 0. The number of rotatable bonds is 3. The molecule has 0 aliphatic heterocycles. The summed E-state index contributed by atoms with van der Waals surface area (Å²) in [5.41, 5.74) is 10.8. The highest BCUT2D eigenvalue weighted by molar-refractivity contribution is 7.12. The minimum absolute atomic E-state index is 0.0137. The van der Waals surface area contributed by atoms with Gasteiger partial charge in [-0.1, -0.05) is 37.3 Å². The Kier molecular flexibility index (Phi) is 3.09. The first-order chi connectivity index (χ1) is 10.3. The molecule has 1 aromatic heterocycles. The van der Waals surface area contributed by atoms with E-state index in [1.54, 1.807) is 0 Å². The smallest absolute Gasteiger partial charge is 0.0652 e. The van der Waals surface area contributed by atoms with Gasteiger partial charge in [0.1, 0.15) is 0 Å². The first kappa shape index (κ1) is 13.1. The van der Waals surface area contributed by atoms with Crippen LogP contribution < -0.4 is 5.73 Å².